The summed E-state index contributed by atoms with van der Waals surface area (Å²) in [5, 5.41) is 0.282. The van der Waals surface area contributed by atoms with Crippen LogP contribution in [-0.2, 0) is 15.5 Å². The third kappa shape index (κ3) is 3.14. The Morgan fingerprint density at radius 1 is 1.19 bits per heavy atom. The second kappa shape index (κ2) is 6.99. The maximum Gasteiger partial charge on any atom is 0.382 e. The summed E-state index contributed by atoms with van der Waals surface area (Å²) in [6.07, 6.45) is 0. The van der Waals surface area contributed by atoms with Crippen LogP contribution in [0.15, 0.2) is 62.2 Å². The van der Waals surface area contributed by atoms with Gasteiger partial charge in [0.25, 0.3) is 0 Å². The Bertz CT molecular complexity index is 1030. The molecule has 134 valence electrons. The summed E-state index contributed by atoms with van der Waals surface area (Å²) in [6, 6.07) is 12.9. The van der Waals surface area contributed by atoms with E-state index in [4.69, 9.17) is 4.42 Å². The van der Waals surface area contributed by atoms with E-state index >= 15 is 0 Å². The molecule has 0 aliphatic rings. The first kappa shape index (κ1) is 18.3. The average Bonchev–Trinajstić information content (AvgIpc) is 2.61. The van der Waals surface area contributed by atoms with E-state index < -0.39 is 23.1 Å². The number of alkyl halides is 2. The molecule has 3 rings (SSSR count). The minimum atomic E-state index is -4.15. The molecule has 0 bridgehead atoms. The molecule has 0 unspecified atom stereocenters. The molecular formula is C19H13BrF2O4. The molecular weight excluding hydrogens is 410 g/mol. The van der Waals surface area contributed by atoms with Gasteiger partial charge in [-0.15, -0.1) is 0 Å². The first-order valence-corrected chi connectivity index (χ1v) is 8.53. The Morgan fingerprint density at radius 2 is 1.88 bits per heavy atom. The van der Waals surface area contributed by atoms with E-state index in [9.17, 15) is 18.4 Å². The first-order chi connectivity index (χ1) is 12.4. The topological polar surface area (TPSA) is 56.5 Å². The van der Waals surface area contributed by atoms with Gasteiger partial charge in [-0.05, 0) is 30.7 Å². The Kier molecular flexibility index (Phi) is 4.91. The fraction of sp³-hybridized carbons (Fsp3) is 0.158. The predicted molar refractivity (Wildman–Crippen MR) is 96.1 cm³/mol. The number of carbonyl (C=O) groups excluding carboxylic acids is 1. The van der Waals surface area contributed by atoms with E-state index in [0.29, 0.717) is 10.0 Å². The molecule has 0 N–H and O–H groups in total. The minimum absolute atomic E-state index is 0.0591. The highest BCUT2D eigenvalue weighted by atomic mass is 79.9. The van der Waals surface area contributed by atoms with Gasteiger partial charge in [-0.3, -0.25) is 0 Å². The molecule has 0 fully saturated rings. The summed E-state index contributed by atoms with van der Waals surface area (Å²) in [5.41, 5.74) is -1.87. The lowest BCUT2D eigenvalue weighted by atomic mass is 9.94. The molecule has 2 aromatic carbocycles. The second-order valence-electron chi connectivity index (χ2n) is 5.44. The maximum atomic E-state index is 14.8. The normalized spacial score (nSPS) is 11.5. The largest absolute Gasteiger partial charge is 0.461 e. The van der Waals surface area contributed by atoms with E-state index in [0.717, 1.165) is 0 Å². The van der Waals surface area contributed by atoms with Crippen LogP contribution >= 0.6 is 15.9 Å². The Morgan fingerprint density at radius 3 is 2.54 bits per heavy atom. The molecule has 0 amide bonds. The van der Waals surface area contributed by atoms with Gasteiger partial charge in [-0.25, -0.2) is 9.59 Å². The van der Waals surface area contributed by atoms with Gasteiger partial charge in [0.05, 0.1) is 6.61 Å². The van der Waals surface area contributed by atoms with Crippen molar-refractivity contribution in [3.05, 3.63) is 69.0 Å². The van der Waals surface area contributed by atoms with Crippen LogP contribution in [0.3, 0.4) is 0 Å². The Balaban J connectivity index is 2.44. The van der Waals surface area contributed by atoms with Gasteiger partial charge in [0, 0.05) is 15.4 Å². The van der Waals surface area contributed by atoms with Gasteiger partial charge in [0.1, 0.15) is 11.1 Å². The number of fused-ring (bicyclic) bond motifs is 1. The van der Waals surface area contributed by atoms with Gasteiger partial charge < -0.3 is 9.15 Å². The number of carbonyl (C=O) groups is 1. The fourth-order valence-corrected chi connectivity index (χ4v) is 3.05. The molecule has 0 atom stereocenters. The molecule has 0 spiro atoms. The van der Waals surface area contributed by atoms with E-state index in [1.807, 2.05) is 0 Å². The predicted octanol–water partition coefficient (Wildman–Crippen LogP) is 4.88. The van der Waals surface area contributed by atoms with Gasteiger partial charge in [-0.1, -0.05) is 46.3 Å². The molecule has 4 nitrogen and oxygen atoms in total. The molecule has 3 aromatic rings. The highest BCUT2D eigenvalue weighted by Crippen LogP contribution is 2.39. The summed E-state index contributed by atoms with van der Waals surface area (Å²) in [4.78, 5) is 24.2. The van der Waals surface area contributed by atoms with Gasteiger partial charge in [-0.2, -0.15) is 8.78 Å². The smallest absolute Gasteiger partial charge is 0.382 e. The molecule has 0 saturated carbocycles. The molecule has 26 heavy (non-hydrogen) atoms. The lowest BCUT2D eigenvalue weighted by Crippen LogP contribution is -2.34. The standard InChI is InChI=1S/C19H13BrF2O4/c1-2-25-18(24)19(21,22)16-15(11-6-4-3-5-7-11)13-10-12(20)8-9-14(13)26-17(16)23/h3-10H,2H2,1H3. The number of ether oxygens (including phenoxy) is 1. The van der Waals surface area contributed by atoms with Crippen molar-refractivity contribution in [3.63, 3.8) is 0 Å². The Hall–Kier alpha value is -2.54. The lowest BCUT2D eigenvalue weighted by molar-refractivity contribution is -0.173. The van der Waals surface area contributed by atoms with Crippen molar-refractivity contribution in [1.82, 2.24) is 0 Å². The van der Waals surface area contributed by atoms with Crippen molar-refractivity contribution in [2.45, 2.75) is 12.8 Å². The van der Waals surface area contributed by atoms with Crippen LogP contribution in [0, 0.1) is 0 Å². The van der Waals surface area contributed by atoms with Crippen LogP contribution in [0.2, 0.25) is 0 Å². The van der Waals surface area contributed by atoms with Crippen molar-refractivity contribution in [2.75, 3.05) is 6.61 Å². The number of halogens is 3. The molecule has 0 aliphatic heterocycles. The molecule has 0 saturated heterocycles. The van der Waals surface area contributed by atoms with E-state index in [-0.39, 0.29) is 23.1 Å². The van der Waals surface area contributed by atoms with Crippen LogP contribution in [0.5, 0.6) is 0 Å². The maximum absolute atomic E-state index is 14.8. The van der Waals surface area contributed by atoms with Gasteiger partial charge in [0.15, 0.2) is 0 Å². The van der Waals surface area contributed by atoms with Gasteiger partial charge in [0.2, 0.25) is 0 Å². The summed E-state index contributed by atoms with van der Waals surface area (Å²) >= 11 is 3.29. The second-order valence-corrected chi connectivity index (χ2v) is 6.36. The summed E-state index contributed by atoms with van der Waals surface area (Å²) in [5.74, 6) is -5.95. The van der Waals surface area contributed by atoms with Crippen molar-refractivity contribution in [2.24, 2.45) is 0 Å². The molecule has 0 radical (unpaired) electrons. The quantitative estimate of drug-likeness (QED) is 0.444. The summed E-state index contributed by atoms with van der Waals surface area (Å²) in [6.45, 7) is 1.17. The first-order valence-electron chi connectivity index (χ1n) is 7.73. The van der Waals surface area contributed by atoms with Crippen molar-refractivity contribution in [1.29, 1.82) is 0 Å². The van der Waals surface area contributed by atoms with Crippen LogP contribution in [0.25, 0.3) is 22.1 Å². The third-order valence-electron chi connectivity index (χ3n) is 3.78. The Labute approximate surface area is 155 Å². The van der Waals surface area contributed by atoms with Gasteiger partial charge >= 0.3 is 17.5 Å². The van der Waals surface area contributed by atoms with E-state index in [2.05, 4.69) is 20.7 Å². The van der Waals surface area contributed by atoms with Crippen LogP contribution in [0.1, 0.15) is 12.5 Å². The van der Waals surface area contributed by atoms with Crippen molar-refractivity contribution < 1.29 is 22.7 Å². The van der Waals surface area contributed by atoms with E-state index in [1.54, 1.807) is 42.5 Å². The minimum Gasteiger partial charge on any atom is -0.461 e. The summed E-state index contributed by atoms with van der Waals surface area (Å²) < 4.78 is 39.8. The highest BCUT2D eigenvalue weighted by molar-refractivity contribution is 9.10. The zero-order valence-electron chi connectivity index (χ0n) is 13.6. The van der Waals surface area contributed by atoms with E-state index in [1.165, 1.54) is 13.0 Å². The third-order valence-corrected chi connectivity index (χ3v) is 4.27. The SMILES string of the molecule is CCOC(=O)C(F)(F)c1c(-c2ccccc2)c2cc(Br)ccc2oc1=O. The average molecular weight is 423 g/mol. The molecule has 1 aromatic heterocycles. The van der Waals surface area contributed by atoms with Crippen molar-refractivity contribution >= 4 is 32.9 Å². The number of hydrogen-bond donors (Lipinski definition) is 0. The zero-order valence-corrected chi connectivity index (χ0v) is 15.2. The van der Waals surface area contributed by atoms with Crippen molar-refractivity contribution in [3.8, 4) is 11.1 Å². The van der Waals surface area contributed by atoms with Crippen LogP contribution < -0.4 is 5.63 Å². The monoisotopic (exact) mass is 422 g/mol. The molecule has 1 heterocycles. The van der Waals surface area contributed by atoms with Crippen LogP contribution in [0.4, 0.5) is 8.78 Å². The van der Waals surface area contributed by atoms with Crippen LogP contribution in [-0.4, -0.2) is 12.6 Å². The number of rotatable bonds is 4. The lowest BCUT2D eigenvalue weighted by Gasteiger charge is -2.18. The zero-order chi connectivity index (χ0) is 18.9. The fourth-order valence-electron chi connectivity index (χ4n) is 2.69. The number of hydrogen-bond acceptors (Lipinski definition) is 4. The number of esters is 1. The number of benzene rings is 2. The molecule has 0 aliphatic carbocycles. The summed E-state index contributed by atoms with van der Waals surface area (Å²) in [7, 11) is 0. The highest BCUT2D eigenvalue weighted by Gasteiger charge is 2.48. The molecule has 7 heteroatoms.